The van der Waals surface area contributed by atoms with Crippen LogP contribution in [0.2, 0.25) is 0 Å². The van der Waals surface area contributed by atoms with Gasteiger partial charge in [0.2, 0.25) is 5.41 Å². The van der Waals surface area contributed by atoms with Crippen LogP contribution in [0, 0.1) is 5.41 Å². The van der Waals surface area contributed by atoms with Gasteiger partial charge in [0.25, 0.3) is 0 Å². The lowest BCUT2D eigenvalue weighted by atomic mass is 9.75. The lowest BCUT2D eigenvalue weighted by molar-refractivity contribution is -0.174. The molecule has 0 radical (unpaired) electrons. The zero-order valence-corrected chi connectivity index (χ0v) is 12.8. The second-order valence-electron chi connectivity index (χ2n) is 4.95. The number of carbonyl (C=O) groups excluding carboxylic acids is 2. The van der Waals surface area contributed by atoms with E-state index in [0.29, 0.717) is 11.1 Å². The Morgan fingerprint density at radius 1 is 1.18 bits per heavy atom. The highest BCUT2D eigenvalue weighted by molar-refractivity contribution is 6.05. The predicted octanol–water partition coefficient (Wildman–Crippen LogP) is 2.43. The van der Waals surface area contributed by atoms with Gasteiger partial charge in [-0.25, -0.2) is 0 Å². The predicted molar refractivity (Wildman–Crippen MR) is 80.0 cm³/mol. The van der Waals surface area contributed by atoms with Gasteiger partial charge in [0.1, 0.15) is 6.10 Å². The Morgan fingerprint density at radius 2 is 1.73 bits per heavy atom. The van der Waals surface area contributed by atoms with E-state index in [9.17, 15) is 9.59 Å². The Balaban J connectivity index is 2.53. The van der Waals surface area contributed by atoms with E-state index in [4.69, 9.17) is 14.2 Å². The van der Waals surface area contributed by atoms with Gasteiger partial charge in [-0.15, -0.1) is 0 Å². The van der Waals surface area contributed by atoms with Crippen LogP contribution in [-0.2, 0) is 23.8 Å². The van der Waals surface area contributed by atoms with Gasteiger partial charge in [0.15, 0.2) is 0 Å². The number of esters is 2. The average Bonchev–Trinajstić information content (AvgIpc) is 2.87. The van der Waals surface area contributed by atoms with Crippen LogP contribution in [-0.4, -0.2) is 31.8 Å². The van der Waals surface area contributed by atoms with Gasteiger partial charge in [-0.2, -0.15) is 0 Å². The molecule has 0 amide bonds. The Morgan fingerprint density at radius 3 is 2.23 bits per heavy atom. The van der Waals surface area contributed by atoms with Crippen molar-refractivity contribution in [3.05, 3.63) is 48.0 Å². The Kier molecular flexibility index (Phi) is 4.98. The van der Waals surface area contributed by atoms with E-state index < -0.39 is 23.5 Å². The zero-order chi connectivity index (χ0) is 16.2. The topological polar surface area (TPSA) is 61.8 Å². The summed E-state index contributed by atoms with van der Waals surface area (Å²) in [7, 11) is 0. The van der Waals surface area contributed by atoms with Crippen molar-refractivity contribution >= 4 is 11.9 Å². The molecule has 0 saturated carbocycles. The second-order valence-corrected chi connectivity index (χ2v) is 4.95. The minimum Gasteiger partial charge on any atom is -0.465 e. The van der Waals surface area contributed by atoms with Crippen molar-refractivity contribution in [1.29, 1.82) is 0 Å². The molecule has 0 bridgehead atoms. The maximum Gasteiger partial charge on any atom is 0.330 e. The Labute approximate surface area is 129 Å². The van der Waals surface area contributed by atoms with E-state index in [1.807, 2.05) is 18.2 Å². The lowest BCUT2D eigenvalue weighted by Crippen LogP contribution is -2.45. The van der Waals surface area contributed by atoms with Gasteiger partial charge < -0.3 is 14.2 Å². The molecule has 0 aliphatic carbocycles. The number of rotatable bonds is 5. The van der Waals surface area contributed by atoms with Crippen LogP contribution in [0.1, 0.15) is 25.5 Å². The van der Waals surface area contributed by atoms with Gasteiger partial charge in [0, 0.05) is 0 Å². The van der Waals surface area contributed by atoms with Crippen LogP contribution in [0.25, 0.3) is 0 Å². The molecule has 22 heavy (non-hydrogen) atoms. The summed E-state index contributed by atoms with van der Waals surface area (Å²) < 4.78 is 16.0. The summed E-state index contributed by atoms with van der Waals surface area (Å²) in [5.41, 5.74) is -0.576. The van der Waals surface area contributed by atoms with Crippen LogP contribution >= 0.6 is 0 Å². The van der Waals surface area contributed by atoms with E-state index in [0.717, 1.165) is 0 Å². The maximum absolute atomic E-state index is 12.6. The normalized spacial score (nSPS) is 19.7. The molecule has 1 heterocycles. The van der Waals surface area contributed by atoms with Crippen LogP contribution in [0.4, 0.5) is 0 Å². The van der Waals surface area contributed by atoms with Gasteiger partial charge in [-0.3, -0.25) is 9.59 Å². The first kappa shape index (κ1) is 16.2. The number of carbonyl (C=O) groups is 2. The SMILES string of the molecule is C=C1COC(c2ccccc2)C1(C(=O)OCC)C(=O)OCC. The molecule has 0 N–H and O–H groups in total. The van der Waals surface area contributed by atoms with Crippen LogP contribution in [0.5, 0.6) is 0 Å². The van der Waals surface area contributed by atoms with Crippen LogP contribution in [0.15, 0.2) is 42.5 Å². The fourth-order valence-electron chi connectivity index (χ4n) is 2.66. The highest BCUT2D eigenvalue weighted by Gasteiger charge is 2.61. The Hall–Kier alpha value is -2.14. The van der Waals surface area contributed by atoms with E-state index in [2.05, 4.69) is 6.58 Å². The van der Waals surface area contributed by atoms with Gasteiger partial charge in [-0.1, -0.05) is 36.9 Å². The van der Waals surface area contributed by atoms with Crippen molar-refractivity contribution in [3.63, 3.8) is 0 Å². The van der Waals surface area contributed by atoms with E-state index in [1.54, 1.807) is 26.0 Å². The molecule has 1 aromatic rings. The minimum absolute atomic E-state index is 0.108. The number of hydrogen-bond acceptors (Lipinski definition) is 5. The quantitative estimate of drug-likeness (QED) is 0.475. The van der Waals surface area contributed by atoms with Crippen molar-refractivity contribution in [2.24, 2.45) is 5.41 Å². The van der Waals surface area contributed by atoms with Crippen molar-refractivity contribution < 1.29 is 23.8 Å². The van der Waals surface area contributed by atoms with Crippen molar-refractivity contribution in [1.82, 2.24) is 0 Å². The van der Waals surface area contributed by atoms with Gasteiger partial charge >= 0.3 is 11.9 Å². The first-order valence-electron chi connectivity index (χ1n) is 7.28. The van der Waals surface area contributed by atoms with Crippen LogP contribution < -0.4 is 0 Å². The van der Waals surface area contributed by atoms with E-state index >= 15 is 0 Å². The maximum atomic E-state index is 12.6. The summed E-state index contributed by atoms with van der Waals surface area (Å²) in [6.07, 6.45) is -0.792. The number of benzene rings is 1. The summed E-state index contributed by atoms with van der Waals surface area (Å²) in [6, 6.07) is 9.10. The summed E-state index contributed by atoms with van der Waals surface area (Å²) >= 11 is 0. The first-order chi connectivity index (χ1) is 10.6. The third-order valence-electron chi connectivity index (χ3n) is 3.67. The van der Waals surface area contributed by atoms with E-state index in [1.165, 1.54) is 0 Å². The molecular formula is C17H20O5. The molecule has 5 nitrogen and oxygen atoms in total. The fourth-order valence-corrected chi connectivity index (χ4v) is 2.66. The highest BCUT2D eigenvalue weighted by atomic mass is 16.6. The molecule has 5 heteroatoms. The largest absolute Gasteiger partial charge is 0.465 e. The summed E-state index contributed by atoms with van der Waals surface area (Å²) in [6.45, 7) is 7.67. The first-order valence-corrected chi connectivity index (χ1v) is 7.28. The van der Waals surface area contributed by atoms with Crippen molar-refractivity contribution in [2.75, 3.05) is 19.8 Å². The molecule has 1 unspecified atom stereocenters. The highest BCUT2D eigenvalue weighted by Crippen LogP contribution is 2.50. The molecule has 0 spiro atoms. The second kappa shape index (κ2) is 6.75. The molecule has 0 aromatic heterocycles. The third kappa shape index (κ3) is 2.52. The van der Waals surface area contributed by atoms with Gasteiger partial charge in [-0.05, 0) is 25.0 Å². The van der Waals surface area contributed by atoms with Crippen molar-refractivity contribution in [2.45, 2.75) is 20.0 Å². The van der Waals surface area contributed by atoms with E-state index in [-0.39, 0.29) is 19.8 Å². The molecular weight excluding hydrogens is 284 g/mol. The molecule has 1 aromatic carbocycles. The number of ether oxygens (including phenoxy) is 3. The molecule has 1 aliphatic heterocycles. The molecule has 1 saturated heterocycles. The standard InChI is InChI=1S/C17H20O5/c1-4-20-15(18)17(16(19)21-5-2)12(3)11-22-14(17)13-9-7-6-8-10-13/h6-10,14H,3-5,11H2,1-2H3. The zero-order valence-electron chi connectivity index (χ0n) is 12.8. The molecule has 2 rings (SSSR count). The average molecular weight is 304 g/mol. The smallest absolute Gasteiger partial charge is 0.330 e. The number of hydrogen-bond donors (Lipinski definition) is 0. The molecule has 1 atom stereocenters. The molecule has 118 valence electrons. The molecule has 1 fully saturated rings. The van der Waals surface area contributed by atoms with Crippen LogP contribution in [0.3, 0.4) is 0 Å². The fraction of sp³-hybridized carbons (Fsp3) is 0.412. The monoisotopic (exact) mass is 304 g/mol. The summed E-state index contributed by atoms with van der Waals surface area (Å²) in [4.78, 5) is 25.2. The van der Waals surface area contributed by atoms with Crippen molar-refractivity contribution in [3.8, 4) is 0 Å². The molecule has 1 aliphatic rings. The third-order valence-corrected chi connectivity index (χ3v) is 3.67. The van der Waals surface area contributed by atoms with Gasteiger partial charge in [0.05, 0.1) is 19.8 Å². The lowest BCUT2D eigenvalue weighted by Gasteiger charge is -2.30. The summed E-state index contributed by atoms with van der Waals surface area (Å²) in [5.74, 6) is -1.35. The Bertz CT molecular complexity index is 546. The minimum atomic E-state index is -1.65. The summed E-state index contributed by atoms with van der Waals surface area (Å²) in [5, 5.41) is 0.